The van der Waals surface area contributed by atoms with Crippen LogP contribution in [-0.4, -0.2) is 19.2 Å². The van der Waals surface area contributed by atoms with E-state index in [1.165, 1.54) is 0 Å². The third kappa shape index (κ3) is 6.73. The Balaban J connectivity index is 1.74. The molecule has 26 heavy (non-hydrogen) atoms. The quantitative estimate of drug-likeness (QED) is 0.358. The molecule has 0 aromatic heterocycles. The minimum Gasteiger partial charge on any atom is -0.494 e. The zero-order chi connectivity index (χ0) is 18.6. The summed E-state index contributed by atoms with van der Waals surface area (Å²) < 4.78 is 10.5. The fourth-order valence-corrected chi connectivity index (χ4v) is 2.12. The van der Waals surface area contributed by atoms with Gasteiger partial charge in [-0.3, -0.25) is 4.79 Å². The summed E-state index contributed by atoms with van der Waals surface area (Å²) in [6, 6.07) is 16.3. The summed E-state index contributed by atoms with van der Waals surface area (Å²) in [6.07, 6.45) is 1.96. The summed E-state index contributed by atoms with van der Waals surface area (Å²) in [5, 5.41) is 17.0. The molecule has 2 aromatic rings. The Morgan fingerprint density at radius 2 is 1.62 bits per heavy atom. The first-order valence-corrected chi connectivity index (χ1v) is 8.51. The van der Waals surface area contributed by atoms with Gasteiger partial charge in [0.05, 0.1) is 36.2 Å². The molecule has 2 rings (SSSR count). The first kappa shape index (κ1) is 19.1. The van der Waals surface area contributed by atoms with E-state index >= 15 is 0 Å². The second-order valence-electron chi connectivity index (χ2n) is 5.46. The summed E-state index contributed by atoms with van der Waals surface area (Å²) in [5.41, 5.74) is 1.99. The Hall–Kier alpha value is -3.20. The van der Waals surface area contributed by atoms with Crippen LogP contribution in [0.2, 0.25) is 0 Å². The molecule has 0 aliphatic heterocycles. The minimum absolute atomic E-state index is 0.163. The predicted molar refractivity (Wildman–Crippen MR) is 97.8 cm³/mol. The number of esters is 1. The number of hydrogen-bond acceptors (Lipinski definition) is 6. The second-order valence-corrected chi connectivity index (χ2v) is 5.46. The molecule has 6 heteroatoms. The zero-order valence-electron chi connectivity index (χ0n) is 14.7. The van der Waals surface area contributed by atoms with E-state index in [0.29, 0.717) is 36.6 Å². The third-order valence-corrected chi connectivity index (χ3v) is 3.46. The van der Waals surface area contributed by atoms with E-state index in [1.54, 1.807) is 31.2 Å². The van der Waals surface area contributed by atoms with Gasteiger partial charge in [0, 0.05) is 6.42 Å². The first-order chi connectivity index (χ1) is 12.7. The monoisotopic (exact) mass is 351 g/mol. The van der Waals surface area contributed by atoms with Crippen LogP contribution in [0.5, 0.6) is 5.75 Å². The molecule has 134 valence electrons. The van der Waals surface area contributed by atoms with Gasteiger partial charge in [-0.05, 0) is 68.3 Å². The van der Waals surface area contributed by atoms with Crippen molar-refractivity contribution in [2.24, 2.45) is 10.2 Å². The highest BCUT2D eigenvalue weighted by Gasteiger charge is 2.01. The van der Waals surface area contributed by atoms with E-state index in [2.05, 4.69) is 16.3 Å². The van der Waals surface area contributed by atoms with E-state index in [4.69, 9.17) is 14.7 Å². The van der Waals surface area contributed by atoms with Crippen molar-refractivity contribution in [1.82, 2.24) is 0 Å². The van der Waals surface area contributed by atoms with Crippen molar-refractivity contribution >= 4 is 17.3 Å². The number of hydrogen-bond donors (Lipinski definition) is 0. The van der Waals surface area contributed by atoms with E-state index in [-0.39, 0.29) is 5.97 Å². The van der Waals surface area contributed by atoms with Gasteiger partial charge < -0.3 is 9.47 Å². The first-order valence-electron chi connectivity index (χ1n) is 8.51. The van der Waals surface area contributed by atoms with Crippen LogP contribution in [-0.2, 0) is 9.53 Å². The molecule has 0 radical (unpaired) electrons. The Bertz CT molecular complexity index is 762. The lowest BCUT2D eigenvalue weighted by molar-refractivity contribution is -0.143. The highest BCUT2D eigenvalue weighted by molar-refractivity contribution is 5.69. The van der Waals surface area contributed by atoms with Gasteiger partial charge in [-0.1, -0.05) is 0 Å². The fraction of sp³-hybridized carbons (Fsp3) is 0.300. The van der Waals surface area contributed by atoms with Gasteiger partial charge in [-0.15, -0.1) is 0 Å². The van der Waals surface area contributed by atoms with Gasteiger partial charge in [-0.2, -0.15) is 15.5 Å². The van der Waals surface area contributed by atoms with Crippen molar-refractivity contribution < 1.29 is 14.3 Å². The molecule has 0 fully saturated rings. The number of nitrogens with zero attached hydrogens (tertiary/aromatic N) is 3. The van der Waals surface area contributed by atoms with E-state index < -0.39 is 0 Å². The molecule has 0 spiro atoms. The average Bonchev–Trinajstić information content (AvgIpc) is 2.67. The normalized spacial score (nSPS) is 10.5. The van der Waals surface area contributed by atoms with E-state index in [1.807, 2.05) is 24.3 Å². The van der Waals surface area contributed by atoms with Crippen LogP contribution in [0, 0.1) is 11.3 Å². The van der Waals surface area contributed by atoms with Crippen molar-refractivity contribution in [2.45, 2.75) is 26.2 Å². The lowest BCUT2D eigenvalue weighted by Crippen LogP contribution is -2.05. The van der Waals surface area contributed by atoms with Crippen LogP contribution in [0.25, 0.3) is 0 Å². The van der Waals surface area contributed by atoms with Gasteiger partial charge in [0.25, 0.3) is 0 Å². The van der Waals surface area contributed by atoms with Gasteiger partial charge >= 0.3 is 5.97 Å². The molecule has 0 saturated heterocycles. The molecular weight excluding hydrogens is 330 g/mol. The lowest BCUT2D eigenvalue weighted by Gasteiger charge is -2.06. The van der Waals surface area contributed by atoms with Crippen LogP contribution in [0.3, 0.4) is 0 Å². The van der Waals surface area contributed by atoms with Gasteiger partial charge in [0.15, 0.2) is 0 Å². The van der Waals surface area contributed by atoms with E-state index in [9.17, 15) is 4.79 Å². The van der Waals surface area contributed by atoms with Crippen molar-refractivity contribution in [3.05, 3.63) is 54.1 Å². The number of benzene rings is 2. The number of nitriles is 1. The van der Waals surface area contributed by atoms with Crippen molar-refractivity contribution in [3.8, 4) is 11.8 Å². The SMILES string of the molecule is CCOC(=O)CCCCOc1ccc(/N=N/c2ccc(C#N)cc2)cc1. The number of unbranched alkanes of at least 4 members (excludes halogenated alkanes) is 1. The van der Waals surface area contributed by atoms with Crippen LogP contribution >= 0.6 is 0 Å². The number of carbonyl (C=O) groups excluding carboxylic acids is 1. The molecule has 0 unspecified atom stereocenters. The zero-order valence-corrected chi connectivity index (χ0v) is 14.7. The maximum absolute atomic E-state index is 11.2. The van der Waals surface area contributed by atoms with E-state index in [0.717, 1.165) is 18.6 Å². The number of carbonyl (C=O) groups is 1. The molecule has 0 amide bonds. The Kier molecular flexibility index (Phi) is 7.81. The predicted octanol–water partition coefficient (Wildman–Crippen LogP) is 5.09. The van der Waals surface area contributed by atoms with Gasteiger partial charge in [0.2, 0.25) is 0 Å². The molecule has 0 aliphatic rings. The molecule has 6 nitrogen and oxygen atoms in total. The topological polar surface area (TPSA) is 84.0 Å². The standard InChI is InChI=1S/C20H21N3O3/c1-2-25-20(24)5-3-4-14-26-19-12-10-18(11-13-19)23-22-17-8-6-16(15-21)7-9-17/h6-13H,2-5,14H2,1H3/b23-22+. The van der Waals surface area contributed by atoms with Gasteiger partial charge in [0.1, 0.15) is 5.75 Å². The number of ether oxygens (including phenoxy) is 2. The van der Waals surface area contributed by atoms with Crippen LogP contribution in [0.1, 0.15) is 31.7 Å². The van der Waals surface area contributed by atoms with Crippen LogP contribution in [0.15, 0.2) is 58.8 Å². The molecule has 0 heterocycles. The Morgan fingerprint density at radius 1 is 1.00 bits per heavy atom. The third-order valence-electron chi connectivity index (χ3n) is 3.46. The van der Waals surface area contributed by atoms with Crippen molar-refractivity contribution in [3.63, 3.8) is 0 Å². The lowest BCUT2D eigenvalue weighted by atomic mass is 10.2. The van der Waals surface area contributed by atoms with Crippen molar-refractivity contribution in [2.75, 3.05) is 13.2 Å². The molecule has 0 aliphatic carbocycles. The number of rotatable bonds is 9. The molecule has 0 bridgehead atoms. The highest BCUT2D eigenvalue weighted by atomic mass is 16.5. The summed E-state index contributed by atoms with van der Waals surface area (Å²) in [5.74, 6) is 0.586. The van der Waals surface area contributed by atoms with Crippen LogP contribution in [0.4, 0.5) is 11.4 Å². The summed E-state index contributed by atoms with van der Waals surface area (Å²) in [7, 11) is 0. The Morgan fingerprint density at radius 3 is 2.19 bits per heavy atom. The Labute approximate surface area is 153 Å². The van der Waals surface area contributed by atoms with Crippen LogP contribution < -0.4 is 4.74 Å². The summed E-state index contributed by atoms with van der Waals surface area (Å²) >= 11 is 0. The molecule has 0 atom stereocenters. The molecule has 2 aromatic carbocycles. The summed E-state index contributed by atoms with van der Waals surface area (Å²) in [4.78, 5) is 11.2. The number of azo groups is 1. The summed E-state index contributed by atoms with van der Waals surface area (Å²) in [6.45, 7) is 2.77. The minimum atomic E-state index is -0.163. The largest absolute Gasteiger partial charge is 0.494 e. The second kappa shape index (κ2) is 10.6. The van der Waals surface area contributed by atoms with Crippen molar-refractivity contribution in [1.29, 1.82) is 5.26 Å². The maximum Gasteiger partial charge on any atom is 0.305 e. The highest BCUT2D eigenvalue weighted by Crippen LogP contribution is 2.21. The molecular formula is C20H21N3O3. The smallest absolute Gasteiger partial charge is 0.305 e. The fourth-order valence-electron chi connectivity index (χ4n) is 2.12. The average molecular weight is 351 g/mol. The molecule has 0 saturated carbocycles. The van der Waals surface area contributed by atoms with Gasteiger partial charge in [-0.25, -0.2) is 0 Å². The maximum atomic E-state index is 11.2. The molecule has 0 N–H and O–H groups in total.